The molecule has 0 saturated heterocycles. The van der Waals surface area contributed by atoms with E-state index < -0.39 is 32.2 Å². The summed E-state index contributed by atoms with van der Waals surface area (Å²) in [6.07, 6.45) is 1.88. The fraction of sp³-hybridized carbons (Fsp3) is 0.441. The summed E-state index contributed by atoms with van der Waals surface area (Å²) >= 11 is 0. The summed E-state index contributed by atoms with van der Waals surface area (Å²) in [5.41, 5.74) is -1.22. The molecule has 0 N–H and O–H groups in total. The molecule has 2 unspecified atom stereocenters. The van der Waals surface area contributed by atoms with E-state index >= 15 is 0 Å². The third-order valence-electron chi connectivity index (χ3n) is 9.29. The van der Waals surface area contributed by atoms with Crippen molar-refractivity contribution in [3.8, 4) is 34.5 Å². The summed E-state index contributed by atoms with van der Waals surface area (Å²) in [7, 11) is 4.73. The van der Waals surface area contributed by atoms with E-state index in [0.717, 1.165) is 21.1 Å². The Morgan fingerprint density at radius 1 is 0.761 bits per heavy atom. The summed E-state index contributed by atoms with van der Waals surface area (Å²) in [5.74, 6) is 3.57. The minimum absolute atomic E-state index is 0.0248. The van der Waals surface area contributed by atoms with Crippen molar-refractivity contribution in [3.05, 3.63) is 54.6 Å². The molecule has 10 nitrogen and oxygen atoms in total. The second-order valence-corrected chi connectivity index (χ2v) is 15.0. The topological polar surface area (TPSA) is 130 Å². The van der Waals surface area contributed by atoms with Crippen LogP contribution in [0.4, 0.5) is 0 Å². The molecule has 5 rings (SSSR count). The van der Waals surface area contributed by atoms with Gasteiger partial charge >= 0.3 is 0 Å². The number of rotatable bonds is 11. The number of ketones is 1. The maximum Gasteiger partial charge on any atom is 0.250 e. The first-order valence-corrected chi connectivity index (χ1v) is 17.5. The molecule has 12 heteroatoms. The Balaban J connectivity index is 0.000000266. The molecule has 250 valence electrons. The first kappa shape index (κ1) is 35.2. The molecule has 2 aliphatic rings. The molecule has 0 radical (unpaired) electrons. The first-order valence-electron chi connectivity index (χ1n) is 14.7. The molecule has 2 atom stereocenters. The molecule has 3 aromatic carbocycles. The van der Waals surface area contributed by atoms with Crippen LogP contribution < -0.4 is 28.4 Å². The molecular formula is C34H42O10S2. The third-order valence-corrected chi connectivity index (χ3v) is 12.5. The van der Waals surface area contributed by atoms with Gasteiger partial charge in [0.15, 0.2) is 27.9 Å². The van der Waals surface area contributed by atoms with Gasteiger partial charge in [-0.15, -0.1) is 0 Å². The van der Waals surface area contributed by atoms with Crippen LogP contribution in [0.25, 0.3) is 0 Å². The zero-order chi connectivity index (χ0) is 33.9. The summed E-state index contributed by atoms with van der Waals surface area (Å²) in [4.78, 5) is 14.6. The number of carbonyl (C=O) groups excluding carboxylic acids is 1. The van der Waals surface area contributed by atoms with Gasteiger partial charge in [0.1, 0.15) is 28.2 Å². The van der Waals surface area contributed by atoms with Crippen LogP contribution >= 0.6 is 0 Å². The van der Waals surface area contributed by atoms with Gasteiger partial charge in [0.2, 0.25) is 9.79 Å². The van der Waals surface area contributed by atoms with Crippen LogP contribution in [0.2, 0.25) is 0 Å². The smallest absolute Gasteiger partial charge is 0.250 e. The zero-order valence-electron chi connectivity index (χ0n) is 27.5. The average molecular weight is 675 g/mol. The second-order valence-electron chi connectivity index (χ2n) is 11.7. The van der Waals surface area contributed by atoms with Crippen LogP contribution in [0.1, 0.15) is 33.1 Å². The summed E-state index contributed by atoms with van der Waals surface area (Å²) in [5, 5.41) is 0. The molecule has 2 bridgehead atoms. The molecule has 2 saturated carbocycles. The quantitative estimate of drug-likeness (QED) is 0.183. The third kappa shape index (κ3) is 6.61. The van der Waals surface area contributed by atoms with Gasteiger partial charge in [-0.05, 0) is 36.3 Å². The maximum atomic E-state index is 11.8. The molecular weight excluding hydrogens is 632 g/mol. The lowest BCUT2D eigenvalue weighted by molar-refractivity contribution is -0.128. The number of carbonyl (C=O) groups is 1. The minimum atomic E-state index is -4.33. The van der Waals surface area contributed by atoms with E-state index in [9.17, 15) is 17.8 Å². The lowest BCUT2D eigenvalue weighted by atomic mass is 9.70. The van der Waals surface area contributed by atoms with Gasteiger partial charge in [0.25, 0.3) is 0 Å². The summed E-state index contributed by atoms with van der Waals surface area (Å²) in [6.45, 7) is 3.83. The molecule has 0 spiro atoms. The van der Waals surface area contributed by atoms with Crippen molar-refractivity contribution in [2.24, 2.45) is 16.7 Å². The number of ether oxygens (including phenoxy) is 6. The first-order chi connectivity index (χ1) is 21.8. The number of Topliss-reactive ketones (excluding diaryl/α,β-unsaturated/α-hetero) is 1. The predicted octanol–water partition coefficient (Wildman–Crippen LogP) is 5.76. The summed E-state index contributed by atoms with van der Waals surface area (Å²) in [6, 6.07) is 17.5. The molecule has 0 heterocycles. The van der Waals surface area contributed by atoms with Gasteiger partial charge in [-0.2, -0.15) is 0 Å². The standard InChI is InChI=1S/C24H27O6S.C10H16O4S/c1-25-16-12-19(27-3)23(20(13-16)28-4)31(18-10-8-7-9-11-18)24-21(29-5)14-17(26-2)15-22(24)30-6;1-9(2)7-3-4-10(9,8(11)5-7)6-15(12,13)14/h7-15H,1-6H3;7H,3-6H2,1-2H3,(H,12,13,14)/q+1;/p-1. The Morgan fingerprint density at radius 2 is 1.20 bits per heavy atom. The van der Waals surface area contributed by atoms with Crippen LogP contribution in [-0.2, 0) is 25.8 Å². The molecule has 3 aromatic rings. The summed E-state index contributed by atoms with van der Waals surface area (Å²) < 4.78 is 66.7. The van der Waals surface area contributed by atoms with E-state index in [1.165, 1.54) is 0 Å². The van der Waals surface area contributed by atoms with E-state index in [1.807, 2.05) is 56.3 Å². The van der Waals surface area contributed by atoms with Gasteiger partial charge in [-0.25, -0.2) is 8.42 Å². The molecule has 2 fully saturated rings. The highest BCUT2D eigenvalue weighted by Crippen LogP contribution is 2.64. The van der Waals surface area contributed by atoms with Crippen molar-refractivity contribution >= 4 is 26.8 Å². The molecule has 46 heavy (non-hydrogen) atoms. The van der Waals surface area contributed by atoms with Gasteiger partial charge in [-0.1, -0.05) is 32.0 Å². The Kier molecular flexibility index (Phi) is 10.7. The second kappa shape index (κ2) is 14.0. The van der Waals surface area contributed by atoms with Crippen LogP contribution in [0.15, 0.2) is 69.3 Å². The van der Waals surface area contributed by atoms with Gasteiger partial charge in [-0.3, -0.25) is 4.79 Å². The SMILES string of the molecule is CC1(C)C2CCC1(CS(=O)(=O)[O-])C(=O)C2.COc1cc(OC)c([S+](c2ccccc2)c2c(OC)cc(OC)cc2OC)c(OC)c1. The van der Waals surface area contributed by atoms with Crippen molar-refractivity contribution in [1.82, 2.24) is 0 Å². The highest BCUT2D eigenvalue weighted by atomic mass is 32.2. The Morgan fingerprint density at radius 3 is 1.50 bits per heavy atom. The fourth-order valence-corrected chi connectivity index (χ4v) is 10.4. The highest BCUT2D eigenvalue weighted by Gasteiger charge is 2.64. The van der Waals surface area contributed by atoms with Crippen LogP contribution in [0.5, 0.6) is 34.5 Å². The minimum Gasteiger partial charge on any atom is -0.748 e. The van der Waals surface area contributed by atoms with E-state index in [0.29, 0.717) is 47.3 Å². The number of methoxy groups -OCH3 is 6. The van der Waals surface area contributed by atoms with Crippen molar-refractivity contribution in [2.75, 3.05) is 48.4 Å². The monoisotopic (exact) mass is 674 g/mol. The number of hydrogen-bond acceptors (Lipinski definition) is 10. The van der Waals surface area contributed by atoms with E-state index in [1.54, 1.807) is 42.7 Å². The normalized spacial score (nSPS) is 19.7. The highest BCUT2D eigenvalue weighted by molar-refractivity contribution is 7.97. The fourth-order valence-electron chi connectivity index (χ4n) is 6.65. The maximum absolute atomic E-state index is 11.8. The van der Waals surface area contributed by atoms with E-state index in [2.05, 4.69) is 12.1 Å². The van der Waals surface area contributed by atoms with Gasteiger partial charge in [0.05, 0.1) is 58.5 Å². The van der Waals surface area contributed by atoms with Crippen molar-refractivity contribution < 1.29 is 46.2 Å². The van der Waals surface area contributed by atoms with Crippen molar-refractivity contribution in [2.45, 2.75) is 47.8 Å². The zero-order valence-corrected chi connectivity index (χ0v) is 29.1. The number of hydrogen-bond donors (Lipinski definition) is 0. The predicted molar refractivity (Wildman–Crippen MR) is 174 cm³/mol. The Hall–Kier alpha value is -3.61. The Labute approximate surface area is 274 Å². The van der Waals surface area contributed by atoms with Gasteiger partial charge in [0, 0.05) is 36.1 Å². The molecule has 2 aliphatic carbocycles. The Bertz CT molecular complexity index is 1540. The van der Waals surface area contributed by atoms with Crippen LogP contribution in [0, 0.1) is 16.7 Å². The molecule has 0 aliphatic heterocycles. The van der Waals surface area contributed by atoms with E-state index in [-0.39, 0.29) is 17.1 Å². The van der Waals surface area contributed by atoms with Crippen LogP contribution in [-0.4, -0.2) is 67.2 Å². The number of fused-ring (bicyclic) bond motifs is 2. The van der Waals surface area contributed by atoms with Crippen molar-refractivity contribution in [1.29, 1.82) is 0 Å². The van der Waals surface area contributed by atoms with Crippen LogP contribution in [0.3, 0.4) is 0 Å². The van der Waals surface area contributed by atoms with Crippen molar-refractivity contribution in [3.63, 3.8) is 0 Å². The number of benzene rings is 3. The average Bonchev–Trinajstić information content (AvgIpc) is 3.39. The largest absolute Gasteiger partial charge is 0.748 e. The lowest BCUT2D eigenvalue weighted by Crippen LogP contribution is -2.42. The van der Waals surface area contributed by atoms with Gasteiger partial charge < -0.3 is 33.0 Å². The molecule has 0 amide bonds. The lowest BCUT2D eigenvalue weighted by Gasteiger charge is -2.37. The van der Waals surface area contributed by atoms with E-state index in [4.69, 9.17) is 28.4 Å². The molecule has 0 aromatic heterocycles.